The van der Waals surface area contributed by atoms with Crippen molar-refractivity contribution in [2.75, 3.05) is 26.2 Å². The SMILES string of the molecule is CC(C)CC(F)(F)C(=O)N1CCC2(CCNC2)CC1. The van der Waals surface area contributed by atoms with Crippen LogP contribution in [0.3, 0.4) is 0 Å². The Hall–Kier alpha value is -0.710. The first-order chi connectivity index (χ1) is 8.85. The molecule has 0 aromatic carbocycles. The third-order valence-electron chi connectivity index (χ3n) is 4.42. The second kappa shape index (κ2) is 5.35. The molecule has 1 N–H and O–H groups in total. The van der Waals surface area contributed by atoms with Crippen molar-refractivity contribution < 1.29 is 13.6 Å². The number of nitrogens with zero attached hydrogens (tertiary/aromatic N) is 1. The molecule has 2 aliphatic heterocycles. The average molecular weight is 274 g/mol. The smallest absolute Gasteiger partial charge is 0.325 e. The first kappa shape index (κ1) is 14.7. The third kappa shape index (κ3) is 3.25. The Labute approximate surface area is 113 Å². The molecule has 0 aromatic rings. The highest BCUT2D eigenvalue weighted by molar-refractivity contribution is 5.83. The fourth-order valence-electron chi connectivity index (χ4n) is 3.24. The fraction of sp³-hybridized carbons (Fsp3) is 0.929. The van der Waals surface area contributed by atoms with E-state index < -0.39 is 11.8 Å². The highest BCUT2D eigenvalue weighted by Gasteiger charge is 2.45. The van der Waals surface area contributed by atoms with Gasteiger partial charge in [-0.25, -0.2) is 0 Å². The van der Waals surface area contributed by atoms with Gasteiger partial charge in [-0.15, -0.1) is 0 Å². The van der Waals surface area contributed by atoms with Gasteiger partial charge in [-0.1, -0.05) is 13.8 Å². The zero-order valence-electron chi connectivity index (χ0n) is 11.8. The van der Waals surface area contributed by atoms with Crippen LogP contribution in [0.15, 0.2) is 0 Å². The predicted molar refractivity (Wildman–Crippen MR) is 70.1 cm³/mol. The van der Waals surface area contributed by atoms with Crippen molar-refractivity contribution in [3.63, 3.8) is 0 Å². The van der Waals surface area contributed by atoms with Crippen LogP contribution in [0, 0.1) is 11.3 Å². The molecule has 1 amide bonds. The molecule has 0 atom stereocenters. The molecule has 3 nitrogen and oxygen atoms in total. The summed E-state index contributed by atoms with van der Waals surface area (Å²) in [6, 6.07) is 0. The van der Waals surface area contributed by atoms with Crippen LogP contribution >= 0.6 is 0 Å². The van der Waals surface area contributed by atoms with Crippen LogP contribution in [-0.2, 0) is 4.79 Å². The number of nitrogens with one attached hydrogen (secondary N) is 1. The monoisotopic (exact) mass is 274 g/mol. The Morgan fingerprint density at radius 3 is 2.42 bits per heavy atom. The number of amides is 1. The van der Waals surface area contributed by atoms with Gasteiger partial charge in [0.15, 0.2) is 0 Å². The molecule has 110 valence electrons. The molecule has 19 heavy (non-hydrogen) atoms. The van der Waals surface area contributed by atoms with E-state index in [1.807, 2.05) is 0 Å². The van der Waals surface area contributed by atoms with Crippen molar-refractivity contribution in [2.24, 2.45) is 11.3 Å². The number of carbonyl (C=O) groups excluding carboxylic acids is 1. The highest BCUT2D eigenvalue weighted by atomic mass is 19.3. The quantitative estimate of drug-likeness (QED) is 0.856. The lowest BCUT2D eigenvalue weighted by atomic mass is 9.77. The number of halogens is 2. The minimum absolute atomic E-state index is 0.172. The van der Waals surface area contributed by atoms with Gasteiger partial charge in [0.05, 0.1) is 0 Å². The van der Waals surface area contributed by atoms with Gasteiger partial charge in [0, 0.05) is 26.1 Å². The zero-order chi connectivity index (χ0) is 14.1. The number of likely N-dealkylation sites (tertiary alicyclic amines) is 1. The number of rotatable bonds is 3. The molecule has 2 saturated heterocycles. The largest absolute Gasteiger partial charge is 0.337 e. The van der Waals surface area contributed by atoms with E-state index in [2.05, 4.69) is 5.32 Å². The van der Waals surface area contributed by atoms with Crippen molar-refractivity contribution >= 4 is 5.91 Å². The van der Waals surface area contributed by atoms with E-state index in [4.69, 9.17) is 0 Å². The summed E-state index contributed by atoms with van der Waals surface area (Å²) in [5, 5.41) is 3.33. The lowest BCUT2D eigenvalue weighted by molar-refractivity contribution is -0.161. The first-order valence-electron chi connectivity index (χ1n) is 7.23. The van der Waals surface area contributed by atoms with E-state index in [-0.39, 0.29) is 17.8 Å². The van der Waals surface area contributed by atoms with Crippen LogP contribution < -0.4 is 5.32 Å². The van der Waals surface area contributed by atoms with Crippen LogP contribution in [0.4, 0.5) is 8.78 Å². The molecule has 1 spiro atoms. The van der Waals surface area contributed by atoms with Gasteiger partial charge in [0.2, 0.25) is 0 Å². The zero-order valence-corrected chi connectivity index (χ0v) is 11.8. The summed E-state index contributed by atoms with van der Waals surface area (Å²) in [4.78, 5) is 13.3. The minimum atomic E-state index is -3.20. The minimum Gasteiger partial charge on any atom is -0.337 e. The third-order valence-corrected chi connectivity index (χ3v) is 4.42. The maximum Gasteiger partial charge on any atom is 0.325 e. The Bertz CT molecular complexity index is 328. The van der Waals surface area contributed by atoms with E-state index in [0.29, 0.717) is 13.1 Å². The van der Waals surface area contributed by atoms with E-state index in [0.717, 1.165) is 32.4 Å². The molecule has 0 aliphatic carbocycles. The molecule has 2 heterocycles. The Kier molecular flexibility index (Phi) is 4.14. The maximum absolute atomic E-state index is 13.8. The maximum atomic E-state index is 13.8. The second-order valence-corrected chi connectivity index (χ2v) is 6.52. The van der Waals surface area contributed by atoms with Crippen LogP contribution in [0.1, 0.15) is 39.5 Å². The fourth-order valence-corrected chi connectivity index (χ4v) is 3.24. The van der Waals surface area contributed by atoms with E-state index in [1.165, 1.54) is 4.90 Å². The summed E-state index contributed by atoms with van der Waals surface area (Å²) in [6.07, 6.45) is 2.46. The topological polar surface area (TPSA) is 32.3 Å². The summed E-state index contributed by atoms with van der Waals surface area (Å²) in [5.41, 5.74) is 0.254. The number of piperidine rings is 1. The van der Waals surface area contributed by atoms with Crippen molar-refractivity contribution in [3.8, 4) is 0 Å². The molecule has 0 bridgehead atoms. The Balaban J connectivity index is 1.91. The van der Waals surface area contributed by atoms with E-state index in [1.54, 1.807) is 13.8 Å². The summed E-state index contributed by atoms with van der Waals surface area (Å²) < 4.78 is 27.6. The highest BCUT2D eigenvalue weighted by Crippen LogP contribution is 2.38. The Morgan fingerprint density at radius 1 is 1.32 bits per heavy atom. The molecule has 2 fully saturated rings. The summed E-state index contributed by atoms with van der Waals surface area (Å²) in [6.45, 7) is 6.38. The number of carbonyl (C=O) groups is 1. The van der Waals surface area contributed by atoms with Gasteiger partial charge in [-0.2, -0.15) is 8.78 Å². The van der Waals surface area contributed by atoms with Gasteiger partial charge in [0.25, 0.3) is 5.91 Å². The molecule has 2 rings (SSSR count). The molecule has 0 saturated carbocycles. The average Bonchev–Trinajstić information content (AvgIpc) is 2.76. The van der Waals surface area contributed by atoms with Gasteiger partial charge in [-0.05, 0) is 37.1 Å². The van der Waals surface area contributed by atoms with Crippen molar-refractivity contribution in [2.45, 2.75) is 45.5 Å². The van der Waals surface area contributed by atoms with Crippen LogP contribution in [0.2, 0.25) is 0 Å². The summed E-state index contributed by atoms with van der Waals surface area (Å²) in [5.74, 6) is -4.34. The van der Waals surface area contributed by atoms with E-state index in [9.17, 15) is 13.6 Å². The van der Waals surface area contributed by atoms with Crippen molar-refractivity contribution in [1.82, 2.24) is 10.2 Å². The predicted octanol–water partition coefficient (Wildman–Crippen LogP) is 2.27. The van der Waals surface area contributed by atoms with E-state index >= 15 is 0 Å². The van der Waals surface area contributed by atoms with Gasteiger partial charge < -0.3 is 10.2 Å². The first-order valence-corrected chi connectivity index (χ1v) is 7.23. The molecule has 0 aromatic heterocycles. The normalized spacial score (nSPS) is 23.3. The summed E-state index contributed by atoms with van der Waals surface area (Å²) >= 11 is 0. The molecular weight excluding hydrogens is 250 g/mol. The van der Waals surface area contributed by atoms with Gasteiger partial charge in [-0.3, -0.25) is 4.79 Å². The molecule has 5 heteroatoms. The lowest BCUT2D eigenvalue weighted by Crippen LogP contribution is -2.50. The second-order valence-electron chi connectivity index (χ2n) is 6.52. The van der Waals surface area contributed by atoms with Gasteiger partial charge >= 0.3 is 5.92 Å². The molecule has 0 unspecified atom stereocenters. The standard InChI is InChI=1S/C14H24F2N2O/c1-11(2)9-14(15,16)12(19)18-7-4-13(5-8-18)3-6-17-10-13/h11,17H,3-10H2,1-2H3. The van der Waals surface area contributed by atoms with Crippen molar-refractivity contribution in [1.29, 1.82) is 0 Å². The number of hydrogen-bond acceptors (Lipinski definition) is 2. The number of hydrogen-bond donors (Lipinski definition) is 1. The molecule has 0 radical (unpaired) electrons. The molecular formula is C14H24F2N2O. The lowest BCUT2D eigenvalue weighted by Gasteiger charge is -2.40. The number of alkyl halides is 2. The van der Waals surface area contributed by atoms with Gasteiger partial charge in [0.1, 0.15) is 0 Å². The Morgan fingerprint density at radius 2 is 1.95 bits per heavy atom. The van der Waals surface area contributed by atoms with Crippen molar-refractivity contribution in [3.05, 3.63) is 0 Å². The van der Waals surface area contributed by atoms with Crippen LogP contribution in [-0.4, -0.2) is 42.9 Å². The van der Waals surface area contributed by atoms with Crippen LogP contribution in [0.25, 0.3) is 0 Å². The summed E-state index contributed by atoms with van der Waals surface area (Å²) in [7, 11) is 0. The molecule has 2 aliphatic rings. The van der Waals surface area contributed by atoms with Crippen LogP contribution in [0.5, 0.6) is 0 Å².